The van der Waals surface area contributed by atoms with Crippen molar-refractivity contribution >= 4 is 11.6 Å². The molecule has 0 saturated carbocycles. The van der Waals surface area contributed by atoms with E-state index >= 15 is 0 Å². The minimum absolute atomic E-state index is 0.295. The van der Waals surface area contributed by atoms with E-state index in [0.717, 1.165) is 6.07 Å². The zero-order valence-corrected chi connectivity index (χ0v) is 13.8. The van der Waals surface area contributed by atoms with Crippen molar-refractivity contribution in [2.75, 3.05) is 12.4 Å². The number of para-hydroxylation sites is 1. The fourth-order valence-electron chi connectivity index (χ4n) is 2.19. The molecule has 0 radical (unpaired) electrons. The summed E-state index contributed by atoms with van der Waals surface area (Å²) in [6.45, 7) is 1.71. The van der Waals surface area contributed by atoms with Gasteiger partial charge in [0.2, 0.25) is 0 Å². The predicted molar refractivity (Wildman–Crippen MR) is 87.8 cm³/mol. The Bertz CT molecular complexity index is 714. The molecule has 0 aliphatic rings. The van der Waals surface area contributed by atoms with Crippen LogP contribution in [0.25, 0.3) is 0 Å². The fraction of sp³-hybridized carbons (Fsp3) is 0.278. The average molecular weight is 353 g/mol. The molecule has 0 unspecified atom stereocenters. The summed E-state index contributed by atoms with van der Waals surface area (Å²) >= 11 is 0. The number of amides is 1. The zero-order valence-electron chi connectivity index (χ0n) is 13.8. The van der Waals surface area contributed by atoms with Gasteiger partial charge in [0.15, 0.2) is 6.10 Å². The van der Waals surface area contributed by atoms with E-state index < -0.39 is 23.8 Å². The molecule has 1 N–H and O–H groups in total. The van der Waals surface area contributed by atoms with Crippen molar-refractivity contribution in [3.8, 4) is 11.5 Å². The Morgan fingerprint density at radius 1 is 1.08 bits per heavy atom. The third-order valence-electron chi connectivity index (χ3n) is 3.49. The summed E-state index contributed by atoms with van der Waals surface area (Å²) < 4.78 is 49.6. The molecular weight excluding hydrogens is 335 g/mol. The number of carbonyl (C=O) groups is 1. The van der Waals surface area contributed by atoms with E-state index in [9.17, 15) is 18.0 Å². The number of halogens is 3. The predicted octanol–water partition coefficient (Wildman–Crippen LogP) is 4.51. The molecule has 0 aliphatic carbocycles. The van der Waals surface area contributed by atoms with Crippen molar-refractivity contribution in [3.05, 3.63) is 54.1 Å². The van der Waals surface area contributed by atoms with Crippen LogP contribution in [-0.2, 0) is 11.0 Å². The quantitative estimate of drug-likeness (QED) is 0.831. The van der Waals surface area contributed by atoms with Gasteiger partial charge in [-0.05, 0) is 42.8 Å². The highest BCUT2D eigenvalue weighted by molar-refractivity contribution is 5.95. The summed E-state index contributed by atoms with van der Waals surface area (Å²) in [5, 5.41) is 2.30. The normalized spacial score (nSPS) is 12.4. The first-order valence-corrected chi connectivity index (χ1v) is 7.63. The van der Waals surface area contributed by atoms with Gasteiger partial charge in [-0.2, -0.15) is 13.2 Å². The summed E-state index contributed by atoms with van der Waals surface area (Å²) in [5.41, 5.74) is -1.19. The molecule has 134 valence electrons. The average Bonchev–Trinajstić information content (AvgIpc) is 2.59. The third-order valence-corrected chi connectivity index (χ3v) is 3.49. The van der Waals surface area contributed by atoms with E-state index in [4.69, 9.17) is 9.47 Å². The number of hydrogen-bond donors (Lipinski definition) is 1. The number of carbonyl (C=O) groups excluding carboxylic acids is 1. The molecule has 1 amide bonds. The molecule has 4 nitrogen and oxygen atoms in total. The minimum Gasteiger partial charge on any atom is -0.497 e. The monoisotopic (exact) mass is 353 g/mol. The Morgan fingerprint density at radius 2 is 1.68 bits per heavy atom. The lowest BCUT2D eigenvalue weighted by atomic mass is 10.1. The number of ether oxygens (including phenoxy) is 2. The van der Waals surface area contributed by atoms with Crippen molar-refractivity contribution in [1.82, 2.24) is 0 Å². The molecule has 2 aromatic carbocycles. The molecule has 2 rings (SSSR count). The van der Waals surface area contributed by atoms with Gasteiger partial charge in [-0.1, -0.05) is 19.1 Å². The Morgan fingerprint density at radius 3 is 2.24 bits per heavy atom. The second-order valence-corrected chi connectivity index (χ2v) is 5.22. The van der Waals surface area contributed by atoms with Gasteiger partial charge in [0.1, 0.15) is 11.5 Å². The highest BCUT2D eigenvalue weighted by Crippen LogP contribution is 2.34. The number of hydrogen-bond acceptors (Lipinski definition) is 3. The smallest absolute Gasteiger partial charge is 0.418 e. The van der Waals surface area contributed by atoms with Crippen LogP contribution in [0.2, 0.25) is 0 Å². The van der Waals surface area contributed by atoms with Gasteiger partial charge >= 0.3 is 6.18 Å². The number of rotatable bonds is 6. The van der Waals surface area contributed by atoms with Crippen LogP contribution in [-0.4, -0.2) is 19.1 Å². The van der Waals surface area contributed by atoms with Crippen molar-refractivity contribution in [2.24, 2.45) is 0 Å². The maximum Gasteiger partial charge on any atom is 0.418 e. The summed E-state index contributed by atoms with van der Waals surface area (Å²) in [6, 6.07) is 11.4. The van der Waals surface area contributed by atoms with Crippen LogP contribution in [0.1, 0.15) is 18.9 Å². The first-order valence-electron chi connectivity index (χ1n) is 7.63. The fourth-order valence-corrected chi connectivity index (χ4v) is 2.19. The largest absolute Gasteiger partial charge is 0.497 e. The topological polar surface area (TPSA) is 47.6 Å². The standard InChI is InChI=1S/C18H18F3NO3/c1-3-16(25-13-10-8-12(24-2)9-11-13)17(23)22-15-7-5-4-6-14(15)18(19,20)21/h4-11,16H,3H2,1-2H3,(H,22,23)/t16-/m0/s1. The highest BCUT2D eigenvalue weighted by atomic mass is 19.4. The first-order chi connectivity index (χ1) is 11.8. The Kier molecular flexibility index (Phi) is 5.90. The molecule has 25 heavy (non-hydrogen) atoms. The summed E-state index contributed by atoms with van der Waals surface area (Å²) in [7, 11) is 1.52. The zero-order chi connectivity index (χ0) is 18.4. The summed E-state index contributed by atoms with van der Waals surface area (Å²) in [4.78, 5) is 12.3. The number of alkyl halides is 3. The minimum atomic E-state index is -4.55. The number of methoxy groups -OCH3 is 1. The highest BCUT2D eigenvalue weighted by Gasteiger charge is 2.34. The molecule has 2 aromatic rings. The van der Waals surface area contributed by atoms with E-state index in [2.05, 4.69) is 5.32 Å². The van der Waals surface area contributed by atoms with Crippen LogP contribution in [0, 0.1) is 0 Å². The lowest BCUT2D eigenvalue weighted by molar-refractivity contribution is -0.137. The number of benzene rings is 2. The van der Waals surface area contributed by atoms with E-state index in [-0.39, 0.29) is 5.69 Å². The van der Waals surface area contributed by atoms with Crippen molar-refractivity contribution in [1.29, 1.82) is 0 Å². The van der Waals surface area contributed by atoms with Crippen molar-refractivity contribution in [3.63, 3.8) is 0 Å². The second-order valence-electron chi connectivity index (χ2n) is 5.22. The Labute approximate surface area is 143 Å². The molecule has 0 fully saturated rings. The summed E-state index contributed by atoms with van der Waals surface area (Å²) in [5.74, 6) is 0.408. The number of anilines is 1. The van der Waals surface area contributed by atoms with E-state index in [0.29, 0.717) is 17.9 Å². The van der Waals surface area contributed by atoms with Gasteiger partial charge in [0.25, 0.3) is 5.91 Å². The van der Waals surface area contributed by atoms with Gasteiger partial charge in [0.05, 0.1) is 18.4 Å². The molecule has 1 atom stereocenters. The lowest BCUT2D eigenvalue weighted by Gasteiger charge is -2.19. The maximum atomic E-state index is 13.0. The van der Waals surface area contributed by atoms with Crippen LogP contribution in [0.3, 0.4) is 0 Å². The van der Waals surface area contributed by atoms with E-state index in [1.54, 1.807) is 31.2 Å². The van der Waals surface area contributed by atoms with Crippen LogP contribution in [0.15, 0.2) is 48.5 Å². The molecular formula is C18H18F3NO3. The molecule has 0 aliphatic heterocycles. The third kappa shape index (κ3) is 4.89. The molecule has 0 spiro atoms. The molecule has 0 heterocycles. The second kappa shape index (κ2) is 7.92. The molecule has 0 saturated heterocycles. The summed E-state index contributed by atoms with van der Waals surface area (Å²) in [6.07, 6.45) is -5.18. The van der Waals surface area contributed by atoms with E-state index in [1.807, 2.05) is 0 Å². The number of nitrogens with one attached hydrogen (secondary N) is 1. The molecule has 0 bridgehead atoms. The van der Waals surface area contributed by atoms with Crippen molar-refractivity contribution in [2.45, 2.75) is 25.6 Å². The van der Waals surface area contributed by atoms with Gasteiger partial charge in [-0.25, -0.2) is 0 Å². The van der Waals surface area contributed by atoms with Crippen LogP contribution >= 0.6 is 0 Å². The molecule has 0 aromatic heterocycles. The van der Waals surface area contributed by atoms with Gasteiger partial charge in [-0.15, -0.1) is 0 Å². The SMILES string of the molecule is CC[C@H](Oc1ccc(OC)cc1)C(=O)Nc1ccccc1C(F)(F)F. The van der Waals surface area contributed by atoms with Crippen LogP contribution in [0.5, 0.6) is 11.5 Å². The van der Waals surface area contributed by atoms with Crippen LogP contribution < -0.4 is 14.8 Å². The van der Waals surface area contributed by atoms with Gasteiger partial charge < -0.3 is 14.8 Å². The Hall–Kier alpha value is -2.70. The lowest BCUT2D eigenvalue weighted by Crippen LogP contribution is -2.33. The Balaban J connectivity index is 2.12. The van der Waals surface area contributed by atoms with Crippen molar-refractivity contribution < 1.29 is 27.4 Å². The van der Waals surface area contributed by atoms with Crippen LogP contribution in [0.4, 0.5) is 18.9 Å². The van der Waals surface area contributed by atoms with Gasteiger partial charge in [0, 0.05) is 0 Å². The molecule has 7 heteroatoms. The van der Waals surface area contributed by atoms with Gasteiger partial charge in [-0.3, -0.25) is 4.79 Å². The van der Waals surface area contributed by atoms with E-state index in [1.165, 1.54) is 25.3 Å². The first kappa shape index (κ1) is 18.6. The maximum absolute atomic E-state index is 13.0.